The summed E-state index contributed by atoms with van der Waals surface area (Å²) in [6.07, 6.45) is 6.99. The number of aryl methyl sites for hydroxylation is 1. The molecule has 1 saturated heterocycles. The van der Waals surface area contributed by atoms with E-state index in [9.17, 15) is 0 Å². The fraction of sp³-hybridized carbons (Fsp3) is 0.600. The van der Waals surface area contributed by atoms with Crippen LogP contribution in [0.3, 0.4) is 0 Å². The van der Waals surface area contributed by atoms with Crippen molar-refractivity contribution in [3.05, 3.63) is 17.3 Å². The van der Waals surface area contributed by atoms with Crippen molar-refractivity contribution >= 4 is 29.1 Å². The Bertz CT molecular complexity index is 814. The zero-order valence-corrected chi connectivity index (χ0v) is 17.2. The van der Waals surface area contributed by atoms with Crippen molar-refractivity contribution in [3.8, 4) is 11.6 Å². The van der Waals surface area contributed by atoms with E-state index in [0.29, 0.717) is 17.7 Å². The third-order valence-electron chi connectivity index (χ3n) is 5.55. The summed E-state index contributed by atoms with van der Waals surface area (Å²) in [4.78, 5) is 12.1. The van der Waals surface area contributed by atoms with Gasteiger partial charge in [0.2, 0.25) is 0 Å². The quantitative estimate of drug-likeness (QED) is 0.859. The number of hydrogen-bond acceptors (Lipinski definition) is 6. The molecule has 0 unspecified atom stereocenters. The van der Waals surface area contributed by atoms with Crippen LogP contribution in [0.2, 0.25) is 0 Å². The zero-order valence-electron chi connectivity index (χ0n) is 16.4. The van der Waals surface area contributed by atoms with Crippen LogP contribution in [-0.4, -0.2) is 55.3 Å². The van der Waals surface area contributed by atoms with Crippen molar-refractivity contribution in [3.63, 3.8) is 0 Å². The summed E-state index contributed by atoms with van der Waals surface area (Å²) in [6.45, 7) is 2.24. The van der Waals surface area contributed by atoms with Crippen molar-refractivity contribution in [1.29, 1.82) is 0 Å². The van der Waals surface area contributed by atoms with Crippen LogP contribution in [0.4, 0.5) is 5.69 Å². The highest BCUT2D eigenvalue weighted by molar-refractivity contribution is 5.92. The molecule has 1 aliphatic heterocycles. The minimum atomic E-state index is 0. The van der Waals surface area contributed by atoms with E-state index >= 15 is 0 Å². The van der Waals surface area contributed by atoms with E-state index < -0.39 is 0 Å². The first-order chi connectivity index (χ1) is 12.7. The molecule has 2 aliphatic rings. The molecule has 0 radical (unpaired) electrons. The van der Waals surface area contributed by atoms with Gasteiger partial charge in [0.25, 0.3) is 5.88 Å². The number of rotatable bonds is 4. The Kier molecular flexibility index (Phi) is 6.27. The fourth-order valence-corrected chi connectivity index (χ4v) is 4.25. The number of ether oxygens (including phenoxy) is 2. The first-order valence-electron chi connectivity index (χ1n) is 9.59. The second-order valence-corrected chi connectivity index (χ2v) is 7.43. The molecule has 0 amide bonds. The molecule has 27 heavy (non-hydrogen) atoms. The van der Waals surface area contributed by atoms with Gasteiger partial charge in [-0.3, -0.25) is 4.98 Å². The number of likely N-dealkylation sites (tertiary alicyclic amines) is 1. The van der Waals surface area contributed by atoms with E-state index in [1.54, 1.807) is 14.2 Å². The van der Waals surface area contributed by atoms with E-state index in [1.807, 2.05) is 6.07 Å². The van der Waals surface area contributed by atoms with Crippen molar-refractivity contribution < 1.29 is 9.47 Å². The number of hydrogen-bond donors (Lipinski definition) is 1. The van der Waals surface area contributed by atoms with Gasteiger partial charge in [0.05, 0.1) is 25.4 Å². The Morgan fingerprint density at radius 3 is 2.74 bits per heavy atom. The SMILES string of the molecule is COc1cc2nc3c(c(N[C@@H]4CCCCN(C)C4)c2nc1OC)CCC3.Cl. The molecule has 0 bridgehead atoms. The average molecular weight is 393 g/mol. The van der Waals surface area contributed by atoms with Crippen molar-refractivity contribution in [1.82, 2.24) is 14.9 Å². The van der Waals surface area contributed by atoms with Crippen LogP contribution in [0.15, 0.2) is 6.07 Å². The van der Waals surface area contributed by atoms with E-state index in [-0.39, 0.29) is 12.4 Å². The van der Waals surface area contributed by atoms with Gasteiger partial charge in [-0.05, 0) is 51.3 Å². The second kappa shape index (κ2) is 8.48. The van der Waals surface area contributed by atoms with Crippen LogP contribution in [0.5, 0.6) is 11.6 Å². The third kappa shape index (κ3) is 3.92. The van der Waals surface area contributed by atoms with Gasteiger partial charge in [-0.15, -0.1) is 12.4 Å². The van der Waals surface area contributed by atoms with Gasteiger partial charge in [0.1, 0.15) is 5.52 Å². The Balaban J connectivity index is 0.00000210. The standard InChI is InChI=1S/C20H28N4O2.ClH/c1-24-10-5-4-7-13(12-24)21-18-14-8-6-9-15(14)22-16-11-17(25-2)20(26-3)23-19(16)18;/h11,13H,4-10,12H2,1-3H3,(H,21,22);1H/t13-;/m1./s1. The molecule has 4 rings (SSSR count). The number of nitrogens with zero attached hydrogens (tertiary/aromatic N) is 3. The lowest BCUT2D eigenvalue weighted by Crippen LogP contribution is -2.33. The van der Waals surface area contributed by atoms with Gasteiger partial charge < -0.3 is 19.7 Å². The highest BCUT2D eigenvalue weighted by atomic mass is 35.5. The van der Waals surface area contributed by atoms with Gasteiger partial charge in [0.15, 0.2) is 5.75 Å². The number of methoxy groups -OCH3 is 2. The normalized spacial score (nSPS) is 19.9. The molecule has 1 N–H and O–H groups in total. The van der Waals surface area contributed by atoms with Crippen LogP contribution in [0.25, 0.3) is 11.0 Å². The van der Waals surface area contributed by atoms with Gasteiger partial charge in [-0.2, -0.15) is 0 Å². The molecule has 0 saturated carbocycles. The minimum absolute atomic E-state index is 0. The molecule has 2 aromatic rings. The first kappa shape index (κ1) is 20.0. The number of halogens is 1. The van der Waals surface area contributed by atoms with E-state index in [1.165, 1.54) is 37.1 Å². The zero-order chi connectivity index (χ0) is 18.1. The monoisotopic (exact) mass is 392 g/mol. The number of fused-ring (bicyclic) bond motifs is 2. The van der Waals surface area contributed by atoms with Crippen LogP contribution in [0.1, 0.15) is 36.9 Å². The second-order valence-electron chi connectivity index (χ2n) is 7.43. The number of anilines is 1. The number of likely N-dealkylation sites (N-methyl/N-ethyl adjacent to an activating group) is 1. The number of nitrogens with one attached hydrogen (secondary N) is 1. The topological polar surface area (TPSA) is 59.5 Å². The average Bonchev–Trinajstić information content (AvgIpc) is 3.02. The van der Waals surface area contributed by atoms with E-state index in [4.69, 9.17) is 19.4 Å². The molecule has 1 fully saturated rings. The maximum Gasteiger partial charge on any atom is 0.257 e. The summed E-state index contributed by atoms with van der Waals surface area (Å²) in [5.41, 5.74) is 5.48. The Hall–Kier alpha value is -1.79. The predicted octanol–water partition coefficient (Wildman–Crippen LogP) is 3.45. The van der Waals surface area contributed by atoms with Crippen molar-refractivity contribution in [2.45, 2.75) is 44.6 Å². The molecule has 2 aromatic heterocycles. The van der Waals surface area contributed by atoms with Crippen LogP contribution in [0, 0.1) is 0 Å². The summed E-state index contributed by atoms with van der Waals surface area (Å²) in [5.74, 6) is 1.14. The highest BCUT2D eigenvalue weighted by Gasteiger charge is 2.25. The molecule has 6 nitrogen and oxygen atoms in total. The third-order valence-corrected chi connectivity index (χ3v) is 5.55. The predicted molar refractivity (Wildman–Crippen MR) is 111 cm³/mol. The van der Waals surface area contributed by atoms with E-state index in [2.05, 4.69) is 17.3 Å². The van der Waals surface area contributed by atoms with Crippen LogP contribution in [-0.2, 0) is 12.8 Å². The number of pyridine rings is 2. The molecule has 1 atom stereocenters. The summed E-state index contributed by atoms with van der Waals surface area (Å²) >= 11 is 0. The van der Waals surface area contributed by atoms with E-state index in [0.717, 1.165) is 42.5 Å². The smallest absolute Gasteiger partial charge is 0.257 e. The Morgan fingerprint density at radius 2 is 1.96 bits per heavy atom. The summed E-state index contributed by atoms with van der Waals surface area (Å²) in [5, 5.41) is 3.84. The van der Waals surface area contributed by atoms with Gasteiger partial charge in [0, 0.05) is 24.3 Å². The molecule has 148 valence electrons. The van der Waals surface area contributed by atoms with Crippen LogP contribution < -0.4 is 14.8 Å². The van der Waals surface area contributed by atoms with Crippen LogP contribution >= 0.6 is 12.4 Å². The summed E-state index contributed by atoms with van der Waals surface area (Å²) < 4.78 is 10.9. The molecule has 0 spiro atoms. The molecule has 3 heterocycles. The Labute approximate surface area is 167 Å². The maximum absolute atomic E-state index is 5.45. The lowest BCUT2D eigenvalue weighted by molar-refractivity contribution is 0.339. The number of aromatic nitrogens is 2. The largest absolute Gasteiger partial charge is 0.491 e. The lowest BCUT2D eigenvalue weighted by Gasteiger charge is -2.24. The summed E-state index contributed by atoms with van der Waals surface area (Å²) in [7, 11) is 5.48. The van der Waals surface area contributed by atoms with Crippen molar-refractivity contribution in [2.24, 2.45) is 0 Å². The van der Waals surface area contributed by atoms with Gasteiger partial charge in [-0.1, -0.05) is 6.42 Å². The minimum Gasteiger partial charge on any atom is -0.491 e. The Morgan fingerprint density at radius 1 is 1.11 bits per heavy atom. The van der Waals surface area contributed by atoms with Gasteiger partial charge in [-0.25, -0.2) is 4.98 Å². The maximum atomic E-state index is 5.45. The van der Waals surface area contributed by atoms with Gasteiger partial charge >= 0.3 is 0 Å². The summed E-state index contributed by atoms with van der Waals surface area (Å²) in [6, 6.07) is 2.39. The first-order valence-corrected chi connectivity index (χ1v) is 9.59. The fourth-order valence-electron chi connectivity index (χ4n) is 4.25. The van der Waals surface area contributed by atoms with Crippen molar-refractivity contribution in [2.75, 3.05) is 39.7 Å². The highest BCUT2D eigenvalue weighted by Crippen LogP contribution is 2.37. The molecule has 7 heteroatoms. The molecular formula is C20H29ClN4O2. The molecule has 0 aromatic carbocycles. The molecule has 1 aliphatic carbocycles. The molecular weight excluding hydrogens is 364 g/mol. The lowest BCUT2D eigenvalue weighted by atomic mass is 10.1.